The van der Waals surface area contributed by atoms with Gasteiger partial charge in [0.2, 0.25) is 11.3 Å². The highest BCUT2D eigenvalue weighted by molar-refractivity contribution is 7.77. The molecule has 2 heterocycles. The number of aryl methyl sites for hydroxylation is 1. The Kier molecular flexibility index (Phi) is 6.06. The zero-order valence-corrected chi connectivity index (χ0v) is 16.5. The molecule has 0 aliphatic carbocycles. The van der Waals surface area contributed by atoms with E-state index in [0.717, 1.165) is 33.2 Å². The van der Waals surface area contributed by atoms with Crippen molar-refractivity contribution in [3.05, 3.63) is 54.0 Å². The summed E-state index contributed by atoms with van der Waals surface area (Å²) in [6.45, 7) is 6.40. The van der Waals surface area contributed by atoms with Crippen molar-refractivity contribution >= 4 is 22.2 Å². The molecule has 2 aromatic heterocycles. The molecule has 3 rings (SSSR count). The molecule has 0 spiro atoms. The van der Waals surface area contributed by atoms with Gasteiger partial charge in [-0.3, -0.25) is 9.54 Å². The molecule has 6 nitrogen and oxygen atoms in total. The molecule has 0 bridgehead atoms. The number of rotatable bonds is 7. The highest BCUT2D eigenvalue weighted by atomic mass is 32.2. The van der Waals surface area contributed by atoms with Crippen molar-refractivity contribution in [2.75, 3.05) is 6.54 Å². The molecule has 3 N–H and O–H groups in total. The Morgan fingerprint density at radius 3 is 2.56 bits per heavy atom. The maximum atomic E-state index is 10.9. The second-order valence-electron chi connectivity index (χ2n) is 6.98. The second kappa shape index (κ2) is 8.31. The quantitative estimate of drug-likeness (QED) is 0.542. The lowest BCUT2D eigenvalue weighted by atomic mass is 9.97. The van der Waals surface area contributed by atoms with Crippen LogP contribution in [-0.4, -0.2) is 30.0 Å². The molecule has 2 unspecified atom stereocenters. The van der Waals surface area contributed by atoms with Gasteiger partial charge in [0.1, 0.15) is 6.23 Å². The van der Waals surface area contributed by atoms with Crippen molar-refractivity contribution in [2.24, 2.45) is 5.92 Å². The molecule has 0 aliphatic rings. The molecule has 2 atom stereocenters. The van der Waals surface area contributed by atoms with Crippen LogP contribution >= 0.6 is 0 Å². The Morgan fingerprint density at radius 2 is 1.93 bits per heavy atom. The molecule has 1 aromatic carbocycles. The van der Waals surface area contributed by atoms with Crippen LogP contribution in [0.25, 0.3) is 22.0 Å². The van der Waals surface area contributed by atoms with Gasteiger partial charge in [-0.2, -0.15) is 0 Å². The molecule has 0 aliphatic heterocycles. The summed E-state index contributed by atoms with van der Waals surface area (Å²) in [6.07, 6.45) is 5.45. The minimum absolute atomic E-state index is 0.0560. The zero-order chi connectivity index (χ0) is 19.6. The standard InChI is InChI=1S/C20H25N3O3S/c1-13(2)20(24)23-12-16(8-11-22-27(25)26)18-5-4-17(14(3)19(18)23)15-6-9-21-10-7-15/h4-7,9-10,12-13,20,22,24H,8,11H2,1-3H3,(H,25,26). The number of hydrogen-bond acceptors (Lipinski definition) is 3. The van der Waals surface area contributed by atoms with E-state index in [1.165, 1.54) is 0 Å². The van der Waals surface area contributed by atoms with Crippen LogP contribution in [-0.2, 0) is 17.7 Å². The molecule has 7 heteroatoms. The van der Waals surface area contributed by atoms with Crippen LogP contribution in [0, 0.1) is 12.8 Å². The average molecular weight is 388 g/mol. The fourth-order valence-corrected chi connectivity index (χ4v) is 3.72. The SMILES string of the molecule is Cc1c(-c2ccncc2)ccc2c(CCNS(=O)O)cn(C(O)C(C)C)c12. The normalized spacial score (nSPS) is 14.0. The number of hydrogen-bond donors (Lipinski definition) is 3. The number of aliphatic hydroxyl groups is 1. The Balaban J connectivity index is 2.14. The fraction of sp³-hybridized carbons (Fsp3) is 0.350. The molecular formula is C20H25N3O3S. The van der Waals surface area contributed by atoms with Crippen LogP contribution in [0.3, 0.4) is 0 Å². The number of aliphatic hydroxyl groups excluding tert-OH is 1. The van der Waals surface area contributed by atoms with Gasteiger partial charge in [-0.15, -0.1) is 0 Å². The Morgan fingerprint density at radius 1 is 1.22 bits per heavy atom. The van der Waals surface area contributed by atoms with Gasteiger partial charge in [0.15, 0.2) is 0 Å². The number of nitrogens with zero attached hydrogens (tertiary/aromatic N) is 2. The summed E-state index contributed by atoms with van der Waals surface area (Å²) in [5, 5.41) is 11.8. The summed E-state index contributed by atoms with van der Waals surface area (Å²) in [5.41, 5.74) is 5.29. The Hall–Kier alpha value is -2.06. The van der Waals surface area contributed by atoms with E-state index in [9.17, 15) is 9.32 Å². The topological polar surface area (TPSA) is 87.4 Å². The predicted octanol–water partition coefficient (Wildman–Crippen LogP) is 3.43. The first-order chi connectivity index (χ1) is 12.9. The zero-order valence-electron chi connectivity index (χ0n) is 15.7. The van der Waals surface area contributed by atoms with Gasteiger partial charge in [-0.25, -0.2) is 8.93 Å². The maximum Gasteiger partial charge on any atom is 0.231 e. The van der Waals surface area contributed by atoms with Crippen LogP contribution in [0.4, 0.5) is 0 Å². The number of nitrogens with one attached hydrogen (secondary N) is 1. The summed E-state index contributed by atoms with van der Waals surface area (Å²) in [4.78, 5) is 4.09. The maximum absolute atomic E-state index is 10.9. The first-order valence-corrected chi connectivity index (χ1v) is 10.1. The van der Waals surface area contributed by atoms with E-state index >= 15 is 0 Å². The van der Waals surface area contributed by atoms with Crippen LogP contribution in [0.15, 0.2) is 42.9 Å². The van der Waals surface area contributed by atoms with Crippen molar-refractivity contribution in [1.29, 1.82) is 0 Å². The smallest absolute Gasteiger partial charge is 0.231 e. The van der Waals surface area contributed by atoms with Gasteiger partial charge in [-0.1, -0.05) is 26.0 Å². The third kappa shape index (κ3) is 4.11. The van der Waals surface area contributed by atoms with Gasteiger partial charge < -0.3 is 9.67 Å². The molecule has 0 saturated heterocycles. The molecule has 27 heavy (non-hydrogen) atoms. The summed E-state index contributed by atoms with van der Waals surface area (Å²) in [7, 11) is 0. The van der Waals surface area contributed by atoms with Crippen LogP contribution in [0.1, 0.15) is 31.2 Å². The Labute approximate surface area is 161 Å². The third-order valence-corrected chi connectivity index (χ3v) is 5.27. The fourth-order valence-electron chi connectivity index (χ4n) is 3.44. The molecular weight excluding hydrogens is 362 g/mol. The predicted molar refractivity (Wildman–Crippen MR) is 108 cm³/mol. The number of benzene rings is 1. The first kappa shape index (κ1) is 19.7. The third-order valence-electron chi connectivity index (χ3n) is 4.82. The summed E-state index contributed by atoms with van der Waals surface area (Å²) < 4.78 is 24.2. The monoisotopic (exact) mass is 387 g/mol. The molecule has 0 radical (unpaired) electrons. The molecule has 144 valence electrons. The minimum Gasteiger partial charge on any atom is -0.373 e. The van der Waals surface area contributed by atoms with Crippen LogP contribution in [0.2, 0.25) is 0 Å². The average Bonchev–Trinajstić information content (AvgIpc) is 3.01. The lowest BCUT2D eigenvalue weighted by Gasteiger charge is -2.19. The van der Waals surface area contributed by atoms with Gasteiger partial charge in [-0.05, 0) is 53.6 Å². The summed E-state index contributed by atoms with van der Waals surface area (Å²) in [5.74, 6) is 0.0560. The molecule has 0 amide bonds. The largest absolute Gasteiger partial charge is 0.373 e. The van der Waals surface area contributed by atoms with Crippen molar-refractivity contribution in [2.45, 2.75) is 33.4 Å². The first-order valence-electron chi connectivity index (χ1n) is 8.96. The van der Waals surface area contributed by atoms with Crippen molar-refractivity contribution in [3.63, 3.8) is 0 Å². The molecule has 0 fully saturated rings. The summed E-state index contributed by atoms with van der Waals surface area (Å²) >= 11 is -2.03. The Bertz CT molecular complexity index is 954. The van der Waals surface area contributed by atoms with E-state index in [1.807, 2.05) is 36.7 Å². The lowest BCUT2D eigenvalue weighted by Crippen LogP contribution is -2.19. The number of pyridine rings is 1. The van der Waals surface area contributed by atoms with E-state index in [1.54, 1.807) is 12.4 Å². The van der Waals surface area contributed by atoms with Crippen LogP contribution in [0.5, 0.6) is 0 Å². The van der Waals surface area contributed by atoms with E-state index in [0.29, 0.717) is 13.0 Å². The second-order valence-corrected chi connectivity index (χ2v) is 7.77. The van der Waals surface area contributed by atoms with E-state index in [-0.39, 0.29) is 5.92 Å². The number of fused-ring (bicyclic) bond motifs is 1. The van der Waals surface area contributed by atoms with E-state index in [4.69, 9.17) is 4.55 Å². The van der Waals surface area contributed by atoms with Crippen molar-refractivity contribution < 1.29 is 13.9 Å². The number of aromatic nitrogens is 2. The summed E-state index contributed by atoms with van der Waals surface area (Å²) in [6, 6.07) is 8.09. The van der Waals surface area contributed by atoms with E-state index < -0.39 is 17.5 Å². The van der Waals surface area contributed by atoms with Gasteiger partial charge in [0.05, 0.1) is 5.52 Å². The van der Waals surface area contributed by atoms with Gasteiger partial charge >= 0.3 is 0 Å². The van der Waals surface area contributed by atoms with Crippen molar-refractivity contribution in [3.8, 4) is 11.1 Å². The van der Waals surface area contributed by atoms with Crippen LogP contribution < -0.4 is 4.72 Å². The van der Waals surface area contributed by atoms with Gasteiger partial charge in [0, 0.05) is 30.5 Å². The molecule has 0 saturated carbocycles. The molecule has 3 aromatic rings. The van der Waals surface area contributed by atoms with Gasteiger partial charge in [0.25, 0.3) is 0 Å². The minimum atomic E-state index is -2.03. The van der Waals surface area contributed by atoms with E-state index in [2.05, 4.69) is 28.8 Å². The highest BCUT2D eigenvalue weighted by Crippen LogP contribution is 2.35. The highest BCUT2D eigenvalue weighted by Gasteiger charge is 2.20. The van der Waals surface area contributed by atoms with Crippen molar-refractivity contribution in [1.82, 2.24) is 14.3 Å². The lowest BCUT2D eigenvalue weighted by molar-refractivity contribution is 0.0609.